The van der Waals surface area contributed by atoms with Crippen molar-refractivity contribution >= 4 is 15.9 Å². The lowest BCUT2D eigenvalue weighted by Gasteiger charge is -2.07. The van der Waals surface area contributed by atoms with Crippen LogP contribution >= 0.6 is 15.9 Å². The molecule has 1 aromatic rings. The molecule has 14 heavy (non-hydrogen) atoms. The molecule has 1 aromatic heterocycles. The van der Waals surface area contributed by atoms with Crippen LogP contribution in [-0.2, 0) is 6.54 Å². The Morgan fingerprint density at radius 1 is 1.71 bits per heavy atom. The third kappa shape index (κ3) is 2.32. The van der Waals surface area contributed by atoms with Crippen LogP contribution in [0.3, 0.4) is 0 Å². The summed E-state index contributed by atoms with van der Waals surface area (Å²) in [6.07, 6.45) is 2.43. The minimum absolute atomic E-state index is 0.0490. The summed E-state index contributed by atoms with van der Waals surface area (Å²) in [5, 5.41) is 0. The highest BCUT2D eigenvalue weighted by Gasteiger charge is 2.05. The van der Waals surface area contributed by atoms with Crippen LogP contribution in [-0.4, -0.2) is 9.55 Å². The average Bonchev–Trinajstić information content (AvgIpc) is 2.19. The topological polar surface area (TPSA) is 34.9 Å². The normalized spacial score (nSPS) is 10.2. The zero-order valence-corrected chi connectivity index (χ0v) is 9.97. The zero-order chi connectivity index (χ0) is 10.7. The van der Waals surface area contributed by atoms with Gasteiger partial charge in [0.1, 0.15) is 4.47 Å². The second kappa shape index (κ2) is 4.55. The first kappa shape index (κ1) is 11.2. The summed E-state index contributed by atoms with van der Waals surface area (Å²) in [5.41, 5.74) is 1.69. The van der Waals surface area contributed by atoms with E-state index in [1.165, 1.54) is 0 Å². The number of allylic oxidation sites excluding steroid dienone is 1. The quantitative estimate of drug-likeness (QED) is 0.778. The van der Waals surface area contributed by atoms with Gasteiger partial charge in [0.15, 0.2) is 0 Å². The van der Waals surface area contributed by atoms with E-state index < -0.39 is 0 Å². The van der Waals surface area contributed by atoms with E-state index in [4.69, 9.17) is 0 Å². The Morgan fingerprint density at radius 2 is 2.36 bits per heavy atom. The van der Waals surface area contributed by atoms with Crippen LogP contribution in [0.25, 0.3) is 0 Å². The van der Waals surface area contributed by atoms with Gasteiger partial charge < -0.3 is 0 Å². The van der Waals surface area contributed by atoms with E-state index in [0.29, 0.717) is 16.7 Å². The minimum Gasteiger partial charge on any atom is -0.294 e. The fourth-order valence-corrected chi connectivity index (χ4v) is 1.34. The largest absolute Gasteiger partial charge is 0.294 e. The summed E-state index contributed by atoms with van der Waals surface area (Å²) in [5.74, 6) is 0. The van der Waals surface area contributed by atoms with Gasteiger partial charge in [-0.05, 0) is 29.3 Å². The Kier molecular flexibility index (Phi) is 3.63. The Bertz CT molecular complexity index is 409. The van der Waals surface area contributed by atoms with Gasteiger partial charge in [0.25, 0.3) is 5.56 Å². The zero-order valence-electron chi connectivity index (χ0n) is 8.38. The van der Waals surface area contributed by atoms with Crippen LogP contribution < -0.4 is 5.56 Å². The second-order valence-corrected chi connectivity index (χ2v) is 3.97. The van der Waals surface area contributed by atoms with E-state index in [0.717, 1.165) is 12.0 Å². The van der Waals surface area contributed by atoms with Gasteiger partial charge in [-0.1, -0.05) is 19.1 Å². The molecule has 0 aliphatic heterocycles. The van der Waals surface area contributed by atoms with Gasteiger partial charge in [-0.15, -0.1) is 0 Å². The van der Waals surface area contributed by atoms with Gasteiger partial charge in [0.05, 0.1) is 12.0 Å². The van der Waals surface area contributed by atoms with Crippen molar-refractivity contribution < 1.29 is 0 Å². The van der Waals surface area contributed by atoms with E-state index in [-0.39, 0.29) is 5.56 Å². The molecule has 4 heteroatoms. The molecule has 0 amide bonds. The number of hydrogen-bond acceptors (Lipinski definition) is 2. The summed E-state index contributed by atoms with van der Waals surface area (Å²) in [7, 11) is 0. The van der Waals surface area contributed by atoms with E-state index in [1.807, 2.05) is 6.92 Å². The maximum absolute atomic E-state index is 11.7. The molecule has 76 valence electrons. The fraction of sp³-hybridized carbons (Fsp3) is 0.400. The van der Waals surface area contributed by atoms with Gasteiger partial charge in [-0.2, -0.15) is 0 Å². The predicted molar refractivity (Wildman–Crippen MR) is 60.4 cm³/mol. The predicted octanol–water partition coefficient (Wildman–Crippen LogP) is 2.28. The first-order chi connectivity index (χ1) is 6.56. The van der Waals surface area contributed by atoms with Gasteiger partial charge in [0, 0.05) is 6.54 Å². The monoisotopic (exact) mass is 256 g/mol. The van der Waals surface area contributed by atoms with E-state index >= 15 is 0 Å². The first-order valence-electron chi connectivity index (χ1n) is 4.44. The Hall–Kier alpha value is -0.900. The van der Waals surface area contributed by atoms with Crippen LogP contribution in [0.2, 0.25) is 0 Å². The number of nitrogens with zero attached hydrogens (tertiary/aromatic N) is 2. The lowest BCUT2D eigenvalue weighted by atomic mass is 10.2. The Balaban J connectivity index is 3.06. The molecule has 0 radical (unpaired) electrons. The summed E-state index contributed by atoms with van der Waals surface area (Å²) >= 11 is 3.22. The molecule has 0 saturated heterocycles. The highest BCUT2D eigenvalue weighted by atomic mass is 79.9. The maximum Gasteiger partial charge on any atom is 0.268 e. The summed E-state index contributed by atoms with van der Waals surface area (Å²) in [6.45, 7) is 8.22. The van der Waals surface area contributed by atoms with Crippen LogP contribution in [0, 0.1) is 6.92 Å². The number of aromatic nitrogens is 2. The highest BCUT2D eigenvalue weighted by molar-refractivity contribution is 9.10. The van der Waals surface area contributed by atoms with Gasteiger partial charge in [0.2, 0.25) is 0 Å². The molecule has 0 saturated carbocycles. The van der Waals surface area contributed by atoms with Gasteiger partial charge >= 0.3 is 0 Å². The molecule has 3 nitrogen and oxygen atoms in total. The third-order valence-electron chi connectivity index (χ3n) is 2.05. The molecule has 1 heterocycles. The van der Waals surface area contributed by atoms with Crippen molar-refractivity contribution in [1.29, 1.82) is 0 Å². The number of halogens is 1. The minimum atomic E-state index is -0.0490. The van der Waals surface area contributed by atoms with E-state index in [1.54, 1.807) is 17.8 Å². The molecule has 0 unspecified atom stereocenters. The van der Waals surface area contributed by atoms with Crippen LogP contribution in [0.4, 0.5) is 0 Å². The van der Waals surface area contributed by atoms with Crippen molar-refractivity contribution in [3.05, 3.63) is 39.0 Å². The van der Waals surface area contributed by atoms with Crippen molar-refractivity contribution in [3.8, 4) is 0 Å². The second-order valence-electron chi connectivity index (χ2n) is 3.18. The van der Waals surface area contributed by atoms with Gasteiger partial charge in [-0.25, -0.2) is 4.98 Å². The molecule has 1 rings (SSSR count). The molecule has 0 fully saturated rings. The first-order valence-corrected chi connectivity index (χ1v) is 5.23. The average molecular weight is 257 g/mol. The van der Waals surface area contributed by atoms with Crippen molar-refractivity contribution in [3.63, 3.8) is 0 Å². The van der Waals surface area contributed by atoms with Crippen molar-refractivity contribution in [2.45, 2.75) is 26.8 Å². The smallest absolute Gasteiger partial charge is 0.268 e. The molecule has 0 bridgehead atoms. The van der Waals surface area contributed by atoms with E-state index in [9.17, 15) is 4.79 Å². The number of aryl methyl sites for hydroxylation is 1. The summed E-state index contributed by atoms with van der Waals surface area (Å²) in [4.78, 5) is 15.8. The standard InChI is InChI=1S/C10H13BrN2O/c1-4-7(2)5-13-6-12-8(3)9(11)10(13)14/h6H,2,4-5H2,1,3H3. The molecule has 0 N–H and O–H groups in total. The Morgan fingerprint density at radius 3 is 2.93 bits per heavy atom. The molecule has 0 aliphatic rings. The number of hydrogen-bond donors (Lipinski definition) is 0. The highest BCUT2D eigenvalue weighted by Crippen LogP contribution is 2.07. The maximum atomic E-state index is 11.7. The summed E-state index contributed by atoms with van der Waals surface area (Å²) in [6, 6.07) is 0. The summed E-state index contributed by atoms with van der Waals surface area (Å²) < 4.78 is 2.09. The van der Waals surface area contributed by atoms with E-state index in [2.05, 4.69) is 27.5 Å². The molecular weight excluding hydrogens is 244 g/mol. The fourth-order valence-electron chi connectivity index (χ4n) is 1.01. The lowest BCUT2D eigenvalue weighted by molar-refractivity contribution is 0.699. The molecule has 0 aliphatic carbocycles. The van der Waals surface area contributed by atoms with Gasteiger partial charge in [-0.3, -0.25) is 9.36 Å². The van der Waals surface area contributed by atoms with Crippen molar-refractivity contribution in [1.82, 2.24) is 9.55 Å². The van der Waals surface area contributed by atoms with Crippen molar-refractivity contribution in [2.24, 2.45) is 0 Å². The van der Waals surface area contributed by atoms with Crippen molar-refractivity contribution in [2.75, 3.05) is 0 Å². The molecule has 0 aromatic carbocycles. The third-order valence-corrected chi connectivity index (χ3v) is 2.96. The lowest BCUT2D eigenvalue weighted by Crippen LogP contribution is -2.22. The Labute approximate surface area is 91.6 Å². The SMILES string of the molecule is C=C(CC)Cn1cnc(C)c(Br)c1=O. The van der Waals surface area contributed by atoms with Crippen LogP contribution in [0.1, 0.15) is 19.0 Å². The molecular formula is C10H13BrN2O. The van der Waals surface area contributed by atoms with Crippen LogP contribution in [0.15, 0.2) is 27.7 Å². The van der Waals surface area contributed by atoms with Crippen LogP contribution in [0.5, 0.6) is 0 Å². The number of rotatable bonds is 3. The molecule has 0 spiro atoms. The molecule has 0 atom stereocenters.